The number of hydrogen-bond donors (Lipinski definition) is 1. The van der Waals surface area contributed by atoms with Crippen molar-refractivity contribution in [1.29, 1.82) is 0 Å². The van der Waals surface area contributed by atoms with Crippen LogP contribution in [0.15, 0.2) is 54.6 Å². The molecule has 0 spiro atoms. The van der Waals surface area contributed by atoms with Crippen molar-refractivity contribution in [1.82, 2.24) is 10.3 Å². The molecule has 2 aromatic carbocycles. The average molecular weight is 395 g/mol. The van der Waals surface area contributed by atoms with E-state index in [1.54, 1.807) is 11.3 Å². The number of benzene rings is 2. The molecule has 5 heteroatoms. The second kappa shape index (κ2) is 8.02. The topological polar surface area (TPSA) is 51.2 Å². The van der Waals surface area contributed by atoms with Gasteiger partial charge in [0.05, 0.1) is 27.2 Å². The third kappa shape index (κ3) is 3.82. The van der Waals surface area contributed by atoms with Crippen molar-refractivity contribution in [2.75, 3.05) is 13.2 Å². The van der Waals surface area contributed by atoms with Crippen molar-refractivity contribution in [3.05, 3.63) is 65.2 Å². The van der Waals surface area contributed by atoms with Gasteiger partial charge in [0.25, 0.3) is 0 Å². The molecule has 0 aliphatic carbocycles. The first kappa shape index (κ1) is 19.1. The molecular weight excluding hydrogens is 368 g/mol. The monoisotopic (exact) mass is 394 g/mol. The van der Waals surface area contributed by atoms with Crippen molar-refractivity contribution in [3.63, 3.8) is 0 Å². The molecule has 1 aliphatic rings. The number of nitrogens with zero attached hydrogens (tertiary/aromatic N) is 1. The summed E-state index contributed by atoms with van der Waals surface area (Å²) in [7, 11) is 0. The fraction of sp³-hybridized carbons (Fsp3) is 0.391. The van der Waals surface area contributed by atoms with Crippen LogP contribution >= 0.6 is 11.3 Å². The summed E-state index contributed by atoms with van der Waals surface area (Å²) < 4.78 is 6.66. The lowest BCUT2D eigenvalue weighted by molar-refractivity contribution is -0.127. The Labute approximate surface area is 169 Å². The number of rotatable bonds is 6. The SMILES string of the molecule is CC(NC(=O)C(C)(Cc1nc2ccccc2s1)c1ccccc1)C1CCOC1. The van der Waals surface area contributed by atoms with Crippen molar-refractivity contribution in [2.45, 2.75) is 38.1 Å². The summed E-state index contributed by atoms with van der Waals surface area (Å²) in [6.45, 7) is 5.62. The number of thiazole rings is 1. The Kier molecular flexibility index (Phi) is 5.47. The van der Waals surface area contributed by atoms with E-state index in [0.29, 0.717) is 12.3 Å². The van der Waals surface area contributed by atoms with Crippen LogP contribution in [0.5, 0.6) is 0 Å². The van der Waals surface area contributed by atoms with E-state index in [1.165, 1.54) is 0 Å². The zero-order valence-corrected chi connectivity index (χ0v) is 17.2. The predicted octanol–water partition coefficient (Wildman–Crippen LogP) is 4.34. The van der Waals surface area contributed by atoms with Gasteiger partial charge in [0.2, 0.25) is 5.91 Å². The lowest BCUT2D eigenvalue weighted by Gasteiger charge is -2.31. The Morgan fingerprint density at radius 2 is 2.00 bits per heavy atom. The highest BCUT2D eigenvalue weighted by Crippen LogP contribution is 2.32. The lowest BCUT2D eigenvalue weighted by atomic mass is 9.78. The van der Waals surface area contributed by atoms with Crippen molar-refractivity contribution < 1.29 is 9.53 Å². The van der Waals surface area contributed by atoms with Gasteiger partial charge < -0.3 is 10.1 Å². The highest BCUT2D eigenvalue weighted by molar-refractivity contribution is 7.18. The van der Waals surface area contributed by atoms with Gasteiger partial charge in [-0.15, -0.1) is 11.3 Å². The highest BCUT2D eigenvalue weighted by atomic mass is 32.1. The van der Waals surface area contributed by atoms with E-state index in [0.717, 1.165) is 40.4 Å². The molecule has 3 aromatic rings. The first-order valence-electron chi connectivity index (χ1n) is 9.85. The number of aromatic nitrogens is 1. The zero-order chi connectivity index (χ0) is 19.6. The zero-order valence-electron chi connectivity index (χ0n) is 16.4. The van der Waals surface area contributed by atoms with Crippen molar-refractivity contribution in [3.8, 4) is 0 Å². The molecule has 0 radical (unpaired) electrons. The van der Waals surface area contributed by atoms with Gasteiger partial charge in [-0.1, -0.05) is 42.5 Å². The van der Waals surface area contributed by atoms with Crippen molar-refractivity contribution in [2.24, 2.45) is 5.92 Å². The van der Waals surface area contributed by atoms with Crippen LogP contribution in [0.1, 0.15) is 30.8 Å². The number of carbonyl (C=O) groups excluding carboxylic acids is 1. The van der Waals surface area contributed by atoms with E-state index in [-0.39, 0.29) is 11.9 Å². The third-order valence-corrected chi connectivity index (χ3v) is 6.82. The summed E-state index contributed by atoms with van der Waals surface area (Å²) in [6.07, 6.45) is 1.58. The highest BCUT2D eigenvalue weighted by Gasteiger charge is 2.38. The summed E-state index contributed by atoms with van der Waals surface area (Å²) in [5, 5.41) is 4.26. The minimum Gasteiger partial charge on any atom is -0.381 e. The van der Waals surface area contributed by atoms with Gasteiger partial charge in [0.1, 0.15) is 0 Å². The Hall–Kier alpha value is -2.24. The Morgan fingerprint density at radius 3 is 2.71 bits per heavy atom. The summed E-state index contributed by atoms with van der Waals surface area (Å²) >= 11 is 1.67. The number of carbonyl (C=O) groups is 1. The van der Waals surface area contributed by atoms with Crippen LogP contribution in [0.4, 0.5) is 0 Å². The van der Waals surface area contributed by atoms with Crippen LogP contribution in [-0.2, 0) is 21.4 Å². The molecule has 1 saturated heterocycles. The van der Waals surface area contributed by atoms with Gasteiger partial charge >= 0.3 is 0 Å². The second-order valence-electron chi connectivity index (χ2n) is 7.84. The molecule has 1 N–H and O–H groups in total. The van der Waals surface area contributed by atoms with Crippen LogP contribution in [-0.4, -0.2) is 30.1 Å². The minimum absolute atomic E-state index is 0.0531. The molecular formula is C23H26N2O2S. The van der Waals surface area contributed by atoms with Crippen LogP contribution in [0.25, 0.3) is 10.2 Å². The molecule has 3 atom stereocenters. The van der Waals surface area contributed by atoms with E-state index < -0.39 is 5.41 Å². The number of ether oxygens (including phenoxy) is 1. The first-order chi connectivity index (χ1) is 13.6. The number of amides is 1. The predicted molar refractivity (Wildman–Crippen MR) is 114 cm³/mol. The largest absolute Gasteiger partial charge is 0.381 e. The first-order valence-corrected chi connectivity index (χ1v) is 10.7. The molecule has 1 aromatic heterocycles. The molecule has 28 heavy (non-hydrogen) atoms. The van der Waals surface area contributed by atoms with Gasteiger partial charge in [-0.05, 0) is 38.0 Å². The number of fused-ring (bicyclic) bond motifs is 1. The molecule has 3 unspecified atom stereocenters. The number of hydrogen-bond acceptors (Lipinski definition) is 4. The Bertz CT molecular complexity index is 916. The fourth-order valence-corrected chi connectivity index (χ4v) is 4.97. The van der Waals surface area contributed by atoms with Crippen LogP contribution in [0.2, 0.25) is 0 Å². The third-order valence-electron chi connectivity index (χ3n) is 5.79. The molecule has 1 amide bonds. The molecule has 2 heterocycles. The van der Waals surface area contributed by atoms with Gasteiger partial charge in [-0.2, -0.15) is 0 Å². The second-order valence-corrected chi connectivity index (χ2v) is 8.95. The van der Waals surface area contributed by atoms with Crippen LogP contribution in [0.3, 0.4) is 0 Å². The van der Waals surface area contributed by atoms with E-state index >= 15 is 0 Å². The molecule has 1 fully saturated rings. The smallest absolute Gasteiger partial charge is 0.231 e. The molecule has 4 nitrogen and oxygen atoms in total. The summed E-state index contributed by atoms with van der Waals surface area (Å²) in [5.41, 5.74) is 1.33. The van der Waals surface area contributed by atoms with Gasteiger partial charge in [0, 0.05) is 25.0 Å². The normalized spacial score (nSPS) is 20.0. The van der Waals surface area contributed by atoms with E-state index in [1.807, 2.05) is 55.5 Å². The molecule has 1 aliphatic heterocycles. The molecule has 0 bridgehead atoms. The Morgan fingerprint density at radius 1 is 1.25 bits per heavy atom. The maximum absolute atomic E-state index is 13.5. The van der Waals surface area contributed by atoms with Gasteiger partial charge in [-0.3, -0.25) is 4.79 Å². The lowest BCUT2D eigenvalue weighted by Crippen LogP contribution is -2.49. The minimum atomic E-state index is -0.678. The van der Waals surface area contributed by atoms with Gasteiger partial charge in [-0.25, -0.2) is 4.98 Å². The van der Waals surface area contributed by atoms with Gasteiger partial charge in [0.15, 0.2) is 0 Å². The number of para-hydroxylation sites is 1. The van der Waals surface area contributed by atoms with E-state index in [9.17, 15) is 4.79 Å². The molecule has 4 rings (SSSR count). The Balaban J connectivity index is 1.62. The standard InChI is InChI=1S/C23H26N2O2S/c1-16(17-12-13-27-15-17)24-22(26)23(2,18-8-4-3-5-9-18)14-21-25-19-10-6-7-11-20(19)28-21/h3-11,16-17H,12-15H2,1-2H3,(H,24,26). The van der Waals surface area contributed by atoms with Crippen LogP contribution in [0, 0.1) is 5.92 Å². The molecule has 146 valence electrons. The van der Waals surface area contributed by atoms with Crippen molar-refractivity contribution >= 4 is 27.5 Å². The fourth-order valence-electron chi connectivity index (χ4n) is 3.85. The quantitative estimate of drug-likeness (QED) is 0.677. The number of nitrogens with one attached hydrogen (secondary N) is 1. The summed E-state index contributed by atoms with van der Waals surface area (Å²) in [6, 6.07) is 18.3. The van der Waals surface area contributed by atoms with E-state index in [4.69, 9.17) is 9.72 Å². The molecule has 0 saturated carbocycles. The van der Waals surface area contributed by atoms with Crippen LogP contribution < -0.4 is 5.32 Å². The summed E-state index contributed by atoms with van der Waals surface area (Å²) in [5.74, 6) is 0.434. The average Bonchev–Trinajstić information content (AvgIpc) is 3.38. The maximum Gasteiger partial charge on any atom is 0.231 e. The maximum atomic E-state index is 13.5. The summed E-state index contributed by atoms with van der Waals surface area (Å²) in [4.78, 5) is 18.3. The van der Waals surface area contributed by atoms with E-state index in [2.05, 4.69) is 18.3 Å².